The van der Waals surface area contributed by atoms with Crippen LogP contribution in [-0.4, -0.2) is 62.4 Å². The second kappa shape index (κ2) is 12.6. The zero-order valence-corrected chi connectivity index (χ0v) is 26.4. The first-order valence-corrected chi connectivity index (χ1v) is 15.9. The first-order valence-electron chi connectivity index (χ1n) is 15.1. The van der Waals surface area contributed by atoms with Gasteiger partial charge in [-0.2, -0.15) is 13.2 Å². The number of hydrogen-bond donors (Lipinski definition) is 3. The number of nitrogens with one attached hydrogen (secondary N) is 2. The lowest BCUT2D eigenvalue weighted by atomic mass is 9.95. The number of pyridine rings is 2. The van der Waals surface area contributed by atoms with Crippen LogP contribution < -0.4 is 15.5 Å². The molecule has 3 aromatic heterocycles. The van der Waals surface area contributed by atoms with Crippen LogP contribution in [0.3, 0.4) is 0 Å². The lowest BCUT2D eigenvalue weighted by Crippen LogP contribution is -2.49. The Morgan fingerprint density at radius 3 is 2.55 bits per heavy atom. The molecule has 0 unspecified atom stereocenters. The standard InChI is InChI=1S/C32H32F3N7O4S/c1-31(2,46)20-15-23-24(16-22(20)38-28(44)21-4-3-5-25(37-21)32(33,34)35)47-29(39-23)19-7-11-41(12-8-19)17-18-6-10-36-26(14-18)42-13-9-27(43)40-30(42)45/h3-6,10,14-16,19,46H,7-9,11-13,17H2,1-2H3,(H,38,44)(H,40,43,45). The normalized spacial score (nSPS) is 16.9. The molecule has 1 aromatic carbocycles. The Morgan fingerprint density at radius 1 is 1.09 bits per heavy atom. The number of urea groups is 1. The van der Waals surface area contributed by atoms with Gasteiger partial charge in [-0.05, 0) is 81.7 Å². The van der Waals surface area contributed by atoms with Crippen LogP contribution in [0.5, 0.6) is 0 Å². The summed E-state index contributed by atoms with van der Waals surface area (Å²) in [5, 5.41) is 16.8. The Balaban J connectivity index is 1.15. The minimum Gasteiger partial charge on any atom is -0.386 e. The molecular formula is C32H32F3N7O4S. The fraction of sp³-hybridized carbons (Fsp3) is 0.375. The summed E-state index contributed by atoms with van der Waals surface area (Å²) in [6, 6.07) is 9.84. The quantitative estimate of drug-likeness (QED) is 0.238. The van der Waals surface area contributed by atoms with Gasteiger partial charge in [-0.25, -0.2) is 19.7 Å². The van der Waals surface area contributed by atoms with Crippen molar-refractivity contribution in [2.24, 2.45) is 0 Å². The number of thiazole rings is 1. The summed E-state index contributed by atoms with van der Waals surface area (Å²) in [6.07, 6.45) is -1.09. The van der Waals surface area contributed by atoms with E-state index in [0.29, 0.717) is 23.4 Å². The van der Waals surface area contributed by atoms with E-state index in [9.17, 15) is 32.7 Å². The Hall–Kier alpha value is -4.47. The number of amides is 4. The summed E-state index contributed by atoms with van der Waals surface area (Å²) in [7, 11) is 0. The molecule has 246 valence electrons. The van der Waals surface area contributed by atoms with Crippen LogP contribution in [-0.2, 0) is 23.1 Å². The molecule has 0 aliphatic carbocycles. The maximum Gasteiger partial charge on any atom is 0.433 e. The van der Waals surface area contributed by atoms with Crippen LogP contribution in [0.2, 0.25) is 0 Å². The van der Waals surface area contributed by atoms with Crippen LogP contribution in [0.25, 0.3) is 10.2 Å². The molecule has 47 heavy (non-hydrogen) atoms. The molecular weight excluding hydrogens is 635 g/mol. The number of carbonyl (C=O) groups excluding carboxylic acids is 3. The number of carbonyl (C=O) groups is 3. The molecule has 4 aromatic rings. The molecule has 6 rings (SSSR count). The number of benzene rings is 1. The van der Waals surface area contributed by atoms with Gasteiger partial charge in [0.15, 0.2) is 0 Å². The highest BCUT2D eigenvalue weighted by Crippen LogP contribution is 2.39. The number of likely N-dealkylation sites (tertiary alicyclic amines) is 1. The van der Waals surface area contributed by atoms with Gasteiger partial charge in [-0.3, -0.25) is 24.7 Å². The number of piperidine rings is 1. The fourth-order valence-electron chi connectivity index (χ4n) is 5.77. The average Bonchev–Trinajstić information content (AvgIpc) is 3.43. The topological polar surface area (TPSA) is 141 Å². The lowest BCUT2D eigenvalue weighted by molar-refractivity contribution is -0.141. The number of anilines is 2. The van der Waals surface area contributed by atoms with Crippen molar-refractivity contribution >= 4 is 50.9 Å². The summed E-state index contributed by atoms with van der Waals surface area (Å²) in [4.78, 5) is 53.2. The molecule has 4 amide bonds. The zero-order chi connectivity index (χ0) is 33.5. The van der Waals surface area contributed by atoms with Gasteiger partial charge in [0.2, 0.25) is 5.91 Å². The van der Waals surface area contributed by atoms with E-state index in [1.54, 1.807) is 32.2 Å². The first kappa shape index (κ1) is 32.5. The van der Waals surface area contributed by atoms with E-state index in [-0.39, 0.29) is 30.5 Å². The van der Waals surface area contributed by atoms with Crippen molar-refractivity contribution in [3.63, 3.8) is 0 Å². The summed E-state index contributed by atoms with van der Waals surface area (Å²) >= 11 is 1.49. The van der Waals surface area contributed by atoms with Gasteiger partial charge in [-0.1, -0.05) is 6.07 Å². The summed E-state index contributed by atoms with van der Waals surface area (Å²) in [5.41, 5.74) is -0.631. The molecule has 15 heteroatoms. The summed E-state index contributed by atoms with van der Waals surface area (Å²) in [6.45, 7) is 5.71. The Kier molecular flexibility index (Phi) is 8.72. The number of imide groups is 1. The molecule has 2 aliphatic heterocycles. The van der Waals surface area contributed by atoms with Gasteiger partial charge in [0, 0.05) is 42.9 Å². The summed E-state index contributed by atoms with van der Waals surface area (Å²) in [5.74, 6) is -0.420. The second-order valence-electron chi connectivity index (χ2n) is 12.2. The van der Waals surface area contributed by atoms with Crippen LogP contribution >= 0.6 is 11.3 Å². The van der Waals surface area contributed by atoms with Crippen molar-refractivity contribution in [1.82, 2.24) is 25.2 Å². The van der Waals surface area contributed by atoms with E-state index in [2.05, 4.69) is 25.5 Å². The van der Waals surface area contributed by atoms with E-state index in [4.69, 9.17) is 4.98 Å². The van der Waals surface area contributed by atoms with Crippen LogP contribution in [0, 0.1) is 0 Å². The molecule has 11 nitrogen and oxygen atoms in total. The Morgan fingerprint density at radius 2 is 1.85 bits per heavy atom. The third-order valence-corrected chi connectivity index (χ3v) is 9.39. The lowest BCUT2D eigenvalue weighted by Gasteiger charge is -2.31. The molecule has 0 radical (unpaired) electrons. The van der Waals surface area contributed by atoms with E-state index in [0.717, 1.165) is 53.3 Å². The van der Waals surface area contributed by atoms with Crippen LogP contribution in [0.4, 0.5) is 29.5 Å². The minimum absolute atomic E-state index is 0.198. The third-order valence-electron chi connectivity index (χ3n) is 8.21. The smallest absolute Gasteiger partial charge is 0.386 e. The van der Waals surface area contributed by atoms with E-state index >= 15 is 0 Å². The number of fused-ring (bicyclic) bond motifs is 1. The maximum atomic E-state index is 13.2. The number of hydrogen-bond acceptors (Lipinski definition) is 9. The Labute approximate surface area is 271 Å². The Bertz CT molecular complexity index is 1850. The van der Waals surface area contributed by atoms with E-state index in [1.165, 1.54) is 22.3 Å². The molecule has 2 aliphatic rings. The van der Waals surface area contributed by atoms with Gasteiger partial charge in [0.05, 0.1) is 20.8 Å². The van der Waals surface area contributed by atoms with Crippen molar-refractivity contribution in [2.45, 2.75) is 57.3 Å². The highest BCUT2D eigenvalue weighted by Gasteiger charge is 2.33. The molecule has 0 spiro atoms. The predicted octanol–water partition coefficient (Wildman–Crippen LogP) is 5.41. The van der Waals surface area contributed by atoms with Gasteiger partial charge in [-0.15, -0.1) is 11.3 Å². The van der Waals surface area contributed by atoms with Gasteiger partial charge < -0.3 is 10.4 Å². The van der Waals surface area contributed by atoms with Crippen LogP contribution in [0.15, 0.2) is 48.7 Å². The number of aromatic nitrogens is 3. The molecule has 0 atom stereocenters. The van der Waals surface area contributed by atoms with Gasteiger partial charge in [0.1, 0.15) is 17.2 Å². The van der Waals surface area contributed by atoms with E-state index < -0.39 is 35.1 Å². The van der Waals surface area contributed by atoms with Crippen molar-refractivity contribution in [2.75, 3.05) is 29.9 Å². The fourth-order valence-corrected chi connectivity index (χ4v) is 6.92. The molecule has 2 fully saturated rings. The molecule has 0 saturated carbocycles. The minimum atomic E-state index is -4.69. The molecule has 3 N–H and O–H groups in total. The first-order chi connectivity index (χ1) is 22.2. The van der Waals surface area contributed by atoms with Crippen molar-refractivity contribution in [1.29, 1.82) is 0 Å². The number of aliphatic hydroxyl groups is 1. The SMILES string of the molecule is CC(C)(O)c1cc2nc(C3CCN(Cc4ccnc(N5CCC(=O)NC5=O)c4)CC3)sc2cc1NC(=O)c1cccc(C(F)(F)F)n1. The number of halogens is 3. The van der Waals surface area contributed by atoms with Gasteiger partial charge in [0.25, 0.3) is 5.91 Å². The molecule has 0 bridgehead atoms. The third kappa shape index (κ3) is 7.26. The highest BCUT2D eigenvalue weighted by molar-refractivity contribution is 7.18. The zero-order valence-electron chi connectivity index (χ0n) is 25.6. The predicted molar refractivity (Wildman–Crippen MR) is 169 cm³/mol. The van der Waals surface area contributed by atoms with E-state index in [1.807, 2.05) is 12.1 Å². The number of alkyl halides is 3. The van der Waals surface area contributed by atoms with Crippen molar-refractivity contribution in [3.8, 4) is 0 Å². The monoisotopic (exact) mass is 667 g/mol. The molecule has 2 saturated heterocycles. The average molecular weight is 668 g/mol. The highest BCUT2D eigenvalue weighted by atomic mass is 32.1. The second-order valence-corrected chi connectivity index (χ2v) is 13.2. The maximum absolute atomic E-state index is 13.2. The van der Waals surface area contributed by atoms with Crippen LogP contribution in [0.1, 0.15) is 71.3 Å². The number of nitrogens with zero attached hydrogens (tertiary/aromatic N) is 5. The largest absolute Gasteiger partial charge is 0.433 e. The number of rotatable bonds is 7. The van der Waals surface area contributed by atoms with Crippen molar-refractivity contribution in [3.05, 3.63) is 76.2 Å². The van der Waals surface area contributed by atoms with Gasteiger partial charge >= 0.3 is 12.2 Å². The summed E-state index contributed by atoms with van der Waals surface area (Å²) < 4.78 is 40.3. The van der Waals surface area contributed by atoms with Crippen molar-refractivity contribution < 1.29 is 32.7 Å². The molecule has 5 heterocycles.